The number of benzene rings is 2. The Bertz CT molecular complexity index is 795. The molecule has 0 aliphatic carbocycles. The zero-order valence-electron chi connectivity index (χ0n) is 13.7. The number of non-ortho nitro benzene ring substituents is 1. The molecule has 0 aromatic heterocycles. The molecule has 1 N–H and O–H groups in total. The zero-order chi connectivity index (χ0) is 18.4. The predicted octanol–water partition coefficient (Wildman–Crippen LogP) is 3.24. The number of rotatable bonds is 7. The number of hydrogen-bond donors (Lipinski definition) is 1. The summed E-state index contributed by atoms with van der Waals surface area (Å²) >= 11 is 5.95. The fourth-order valence-electron chi connectivity index (χ4n) is 2.25. The number of methoxy groups -OCH3 is 2. The SMILES string of the molecule is COc1ccc(CCNC(=O)c2cc([N+](=O)[O-])ccc2Cl)cc1OC. The van der Waals surface area contributed by atoms with Crippen LogP contribution >= 0.6 is 11.6 Å². The molecular weight excluding hydrogens is 348 g/mol. The molecule has 0 radical (unpaired) electrons. The molecule has 0 saturated heterocycles. The van der Waals surface area contributed by atoms with Crippen molar-refractivity contribution in [3.8, 4) is 11.5 Å². The van der Waals surface area contributed by atoms with Crippen LogP contribution in [0.2, 0.25) is 5.02 Å². The molecule has 0 heterocycles. The second-order valence-corrected chi connectivity index (χ2v) is 5.52. The third-order valence-corrected chi connectivity index (χ3v) is 3.88. The summed E-state index contributed by atoms with van der Waals surface area (Å²) in [6.45, 7) is 0.341. The molecule has 132 valence electrons. The average Bonchev–Trinajstić information content (AvgIpc) is 2.61. The Morgan fingerprint density at radius 3 is 2.52 bits per heavy atom. The van der Waals surface area contributed by atoms with E-state index in [0.29, 0.717) is 24.5 Å². The van der Waals surface area contributed by atoms with Crippen molar-refractivity contribution < 1.29 is 19.2 Å². The standard InChI is InChI=1S/C17H17ClN2O5/c1-24-15-6-3-11(9-16(15)25-2)7-8-19-17(21)13-10-12(20(22)23)4-5-14(13)18/h3-6,9-10H,7-8H2,1-2H3,(H,19,21). The Kier molecular flexibility index (Phi) is 6.19. The van der Waals surface area contributed by atoms with Crippen molar-refractivity contribution in [2.75, 3.05) is 20.8 Å². The first-order valence-corrected chi connectivity index (χ1v) is 7.77. The summed E-state index contributed by atoms with van der Waals surface area (Å²) in [6.07, 6.45) is 0.554. The second kappa shape index (κ2) is 8.34. The number of hydrogen-bond acceptors (Lipinski definition) is 5. The van der Waals surface area contributed by atoms with E-state index in [4.69, 9.17) is 21.1 Å². The molecule has 8 heteroatoms. The van der Waals surface area contributed by atoms with Crippen molar-refractivity contribution in [2.45, 2.75) is 6.42 Å². The number of carbonyl (C=O) groups excluding carboxylic acids is 1. The molecule has 0 unspecified atom stereocenters. The average molecular weight is 365 g/mol. The molecule has 25 heavy (non-hydrogen) atoms. The topological polar surface area (TPSA) is 90.7 Å². The monoisotopic (exact) mass is 364 g/mol. The molecule has 0 spiro atoms. The minimum Gasteiger partial charge on any atom is -0.493 e. The molecule has 2 aromatic rings. The number of amides is 1. The van der Waals surface area contributed by atoms with Gasteiger partial charge in [-0.3, -0.25) is 14.9 Å². The molecule has 0 atom stereocenters. The summed E-state index contributed by atoms with van der Waals surface area (Å²) in [5, 5.41) is 13.7. The van der Waals surface area contributed by atoms with Gasteiger partial charge in [0.25, 0.3) is 11.6 Å². The number of nitro groups is 1. The van der Waals surface area contributed by atoms with Gasteiger partial charge >= 0.3 is 0 Å². The van der Waals surface area contributed by atoms with Gasteiger partial charge in [0.05, 0.1) is 29.7 Å². The fraction of sp³-hybridized carbons (Fsp3) is 0.235. The summed E-state index contributed by atoms with van der Waals surface area (Å²) in [7, 11) is 3.11. The molecule has 0 bridgehead atoms. The van der Waals surface area contributed by atoms with Crippen LogP contribution in [0.15, 0.2) is 36.4 Å². The van der Waals surface area contributed by atoms with Crippen LogP contribution in [-0.4, -0.2) is 31.6 Å². The highest BCUT2D eigenvalue weighted by Crippen LogP contribution is 2.27. The molecule has 0 aliphatic heterocycles. The van der Waals surface area contributed by atoms with Crippen LogP contribution in [0.25, 0.3) is 0 Å². The zero-order valence-corrected chi connectivity index (χ0v) is 14.5. The summed E-state index contributed by atoms with van der Waals surface area (Å²) in [4.78, 5) is 22.4. The first-order chi connectivity index (χ1) is 12.0. The smallest absolute Gasteiger partial charge is 0.270 e. The van der Waals surface area contributed by atoms with E-state index in [0.717, 1.165) is 11.6 Å². The Morgan fingerprint density at radius 1 is 1.16 bits per heavy atom. The van der Waals surface area contributed by atoms with Gasteiger partial charge in [0.2, 0.25) is 0 Å². The molecular formula is C17H17ClN2O5. The van der Waals surface area contributed by atoms with E-state index in [2.05, 4.69) is 5.32 Å². The minimum atomic E-state index is -0.573. The first-order valence-electron chi connectivity index (χ1n) is 7.39. The van der Waals surface area contributed by atoms with Gasteiger partial charge in [0.15, 0.2) is 11.5 Å². The van der Waals surface area contributed by atoms with Gasteiger partial charge in [-0.05, 0) is 30.2 Å². The summed E-state index contributed by atoms with van der Waals surface area (Å²) in [5.41, 5.74) is 0.834. The molecule has 0 aliphatic rings. The third-order valence-electron chi connectivity index (χ3n) is 3.55. The summed E-state index contributed by atoms with van der Waals surface area (Å²) in [6, 6.07) is 9.23. The molecule has 1 amide bonds. The lowest BCUT2D eigenvalue weighted by Crippen LogP contribution is -2.26. The van der Waals surface area contributed by atoms with Crippen molar-refractivity contribution in [2.24, 2.45) is 0 Å². The lowest BCUT2D eigenvalue weighted by molar-refractivity contribution is -0.384. The highest BCUT2D eigenvalue weighted by molar-refractivity contribution is 6.33. The Hall–Kier alpha value is -2.80. The number of halogens is 1. The van der Waals surface area contributed by atoms with Crippen LogP contribution in [0.5, 0.6) is 11.5 Å². The maximum atomic E-state index is 12.2. The van der Waals surface area contributed by atoms with E-state index in [9.17, 15) is 14.9 Å². The summed E-state index contributed by atoms with van der Waals surface area (Å²) in [5.74, 6) is 0.765. The quantitative estimate of drug-likeness (QED) is 0.601. The van der Waals surface area contributed by atoms with Crippen molar-refractivity contribution in [3.63, 3.8) is 0 Å². The second-order valence-electron chi connectivity index (χ2n) is 5.12. The van der Waals surface area contributed by atoms with E-state index in [1.807, 2.05) is 12.1 Å². The van der Waals surface area contributed by atoms with Crippen LogP contribution < -0.4 is 14.8 Å². The van der Waals surface area contributed by atoms with Gasteiger partial charge in [-0.25, -0.2) is 0 Å². The van der Waals surface area contributed by atoms with Gasteiger partial charge in [-0.1, -0.05) is 17.7 Å². The van der Waals surface area contributed by atoms with Crippen molar-refractivity contribution in [3.05, 3.63) is 62.7 Å². The van der Waals surface area contributed by atoms with Gasteiger partial charge in [-0.15, -0.1) is 0 Å². The first kappa shape index (κ1) is 18.5. The van der Waals surface area contributed by atoms with Gasteiger partial charge in [0.1, 0.15) is 0 Å². The van der Waals surface area contributed by atoms with E-state index < -0.39 is 10.8 Å². The van der Waals surface area contributed by atoms with E-state index in [1.165, 1.54) is 12.1 Å². The van der Waals surface area contributed by atoms with E-state index in [-0.39, 0.29) is 16.3 Å². The number of ether oxygens (including phenoxy) is 2. The number of nitrogens with zero attached hydrogens (tertiary/aromatic N) is 1. The minimum absolute atomic E-state index is 0.0724. The number of nitro benzene ring substituents is 1. The van der Waals surface area contributed by atoms with Crippen LogP contribution in [0, 0.1) is 10.1 Å². The summed E-state index contributed by atoms with van der Waals surface area (Å²) < 4.78 is 10.4. The maximum absolute atomic E-state index is 12.2. The van der Waals surface area contributed by atoms with E-state index in [1.54, 1.807) is 20.3 Å². The normalized spacial score (nSPS) is 10.2. The number of carbonyl (C=O) groups is 1. The number of nitrogens with one attached hydrogen (secondary N) is 1. The van der Waals surface area contributed by atoms with Gasteiger partial charge in [0, 0.05) is 18.7 Å². The van der Waals surface area contributed by atoms with Gasteiger partial charge < -0.3 is 14.8 Å². The van der Waals surface area contributed by atoms with Crippen LogP contribution in [-0.2, 0) is 6.42 Å². The lowest BCUT2D eigenvalue weighted by Gasteiger charge is -2.10. The molecule has 2 rings (SSSR count). The van der Waals surface area contributed by atoms with Crippen LogP contribution in [0.3, 0.4) is 0 Å². The Balaban J connectivity index is 2.01. The van der Waals surface area contributed by atoms with Crippen molar-refractivity contribution >= 4 is 23.2 Å². The highest BCUT2D eigenvalue weighted by Gasteiger charge is 2.15. The Labute approximate surface area is 149 Å². The Morgan fingerprint density at radius 2 is 1.88 bits per heavy atom. The van der Waals surface area contributed by atoms with Crippen molar-refractivity contribution in [1.82, 2.24) is 5.32 Å². The predicted molar refractivity (Wildman–Crippen MR) is 93.7 cm³/mol. The highest BCUT2D eigenvalue weighted by atomic mass is 35.5. The van der Waals surface area contributed by atoms with E-state index >= 15 is 0 Å². The van der Waals surface area contributed by atoms with Crippen LogP contribution in [0.4, 0.5) is 5.69 Å². The molecule has 0 fully saturated rings. The van der Waals surface area contributed by atoms with Gasteiger partial charge in [-0.2, -0.15) is 0 Å². The maximum Gasteiger partial charge on any atom is 0.270 e. The molecule has 0 saturated carbocycles. The molecule has 2 aromatic carbocycles. The van der Waals surface area contributed by atoms with Crippen LogP contribution in [0.1, 0.15) is 15.9 Å². The van der Waals surface area contributed by atoms with Crippen molar-refractivity contribution in [1.29, 1.82) is 0 Å². The fourth-order valence-corrected chi connectivity index (χ4v) is 2.46. The largest absolute Gasteiger partial charge is 0.493 e. The third kappa shape index (κ3) is 4.60. The molecule has 7 nitrogen and oxygen atoms in total. The lowest BCUT2D eigenvalue weighted by atomic mass is 10.1.